The van der Waals surface area contributed by atoms with E-state index in [0.717, 1.165) is 6.54 Å². The molecule has 0 aromatic carbocycles. The zero-order valence-electron chi connectivity index (χ0n) is 10.1. The lowest BCUT2D eigenvalue weighted by Gasteiger charge is -2.20. The molecule has 8 heteroatoms. The number of methoxy groups -OCH3 is 1. The summed E-state index contributed by atoms with van der Waals surface area (Å²) < 4.78 is 6.29. The van der Waals surface area contributed by atoms with Gasteiger partial charge >= 0.3 is 5.69 Å². The first-order valence-corrected chi connectivity index (χ1v) is 6.32. The van der Waals surface area contributed by atoms with Gasteiger partial charge in [0.15, 0.2) is 5.65 Å². The first kappa shape index (κ1) is 13.0. The Morgan fingerprint density at radius 1 is 1.61 bits per heavy atom. The van der Waals surface area contributed by atoms with Crippen molar-refractivity contribution in [2.45, 2.75) is 4.83 Å². The second-order valence-electron chi connectivity index (χ2n) is 3.92. The number of alkyl halides is 1. The van der Waals surface area contributed by atoms with Crippen molar-refractivity contribution in [1.29, 1.82) is 0 Å². The Labute approximate surface area is 112 Å². The van der Waals surface area contributed by atoms with Crippen molar-refractivity contribution < 1.29 is 4.74 Å². The number of aromatic amines is 1. The van der Waals surface area contributed by atoms with Gasteiger partial charge in [0.2, 0.25) is 0 Å². The van der Waals surface area contributed by atoms with Crippen molar-refractivity contribution in [1.82, 2.24) is 19.8 Å². The zero-order chi connectivity index (χ0) is 13.1. The molecule has 1 atom stereocenters. The summed E-state index contributed by atoms with van der Waals surface area (Å²) in [6.07, 6.45) is 0. The van der Waals surface area contributed by atoms with E-state index in [9.17, 15) is 4.79 Å². The van der Waals surface area contributed by atoms with Crippen LogP contribution >= 0.6 is 15.9 Å². The largest absolute Gasteiger partial charge is 0.383 e. The molecular weight excluding hydrogens is 302 g/mol. The predicted octanol–water partition coefficient (Wildman–Crippen LogP) is 0.264. The summed E-state index contributed by atoms with van der Waals surface area (Å²) in [5, 5.41) is 10.4. The lowest BCUT2D eigenvalue weighted by Crippen LogP contribution is -2.29. The van der Waals surface area contributed by atoms with Gasteiger partial charge in [0, 0.05) is 20.7 Å². The molecule has 0 bridgehead atoms. The molecule has 98 valence electrons. The summed E-state index contributed by atoms with van der Waals surface area (Å²) in [5.74, 6) is 0.701. The number of rotatable bonds is 5. The number of aromatic nitrogens is 4. The smallest absolute Gasteiger partial charge is 0.364 e. The highest BCUT2D eigenvalue weighted by Crippen LogP contribution is 2.11. The van der Waals surface area contributed by atoms with Crippen LogP contribution in [0.15, 0.2) is 16.9 Å². The Morgan fingerprint density at radius 3 is 3.11 bits per heavy atom. The van der Waals surface area contributed by atoms with Crippen LogP contribution in [0.1, 0.15) is 0 Å². The van der Waals surface area contributed by atoms with Crippen molar-refractivity contribution in [2.75, 3.05) is 32.2 Å². The lowest BCUT2D eigenvalue weighted by atomic mass is 10.4. The molecule has 2 aromatic heterocycles. The van der Waals surface area contributed by atoms with E-state index >= 15 is 0 Å². The number of fused-ring (bicyclic) bond motifs is 1. The van der Waals surface area contributed by atoms with Gasteiger partial charge in [-0.15, -0.1) is 5.10 Å². The maximum Gasteiger partial charge on any atom is 0.364 e. The third kappa shape index (κ3) is 2.70. The number of nitrogens with one attached hydrogen (secondary N) is 1. The number of hydrogen-bond donors (Lipinski definition) is 1. The van der Waals surface area contributed by atoms with E-state index in [4.69, 9.17) is 4.74 Å². The van der Waals surface area contributed by atoms with Crippen molar-refractivity contribution in [2.24, 2.45) is 0 Å². The summed E-state index contributed by atoms with van der Waals surface area (Å²) in [5.41, 5.74) is 0.164. The number of H-pyrrole nitrogens is 1. The average Bonchev–Trinajstić information content (AvgIpc) is 2.71. The Kier molecular flexibility index (Phi) is 3.97. The monoisotopic (exact) mass is 315 g/mol. The van der Waals surface area contributed by atoms with Crippen LogP contribution in [0.2, 0.25) is 0 Å². The fraction of sp³-hybridized carbons (Fsp3) is 0.500. The quantitative estimate of drug-likeness (QED) is 0.801. The predicted molar refractivity (Wildman–Crippen MR) is 71.5 cm³/mol. The topological polar surface area (TPSA) is 75.5 Å². The molecule has 0 fully saturated rings. The molecule has 0 spiro atoms. The summed E-state index contributed by atoms with van der Waals surface area (Å²) in [6.45, 7) is 1.33. The molecule has 1 unspecified atom stereocenters. The highest BCUT2D eigenvalue weighted by molar-refractivity contribution is 9.09. The number of anilines is 1. The van der Waals surface area contributed by atoms with Crippen LogP contribution in [0.5, 0.6) is 0 Å². The SMILES string of the molecule is COCC(Br)CN(C)c1ccc2n[nH]c(=O)n2n1. The molecule has 0 radical (unpaired) electrons. The van der Waals surface area contributed by atoms with Crippen LogP contribution < -0.4 is 10.6 Å². The van der Waals surface area contributed by atoms with Gasteiger partial charge in [0.05, 0.1) is 11.4 Å². The zero-order valence-corrected chi connectivity index (χ0v) is 11.7. The molecule has 0 aliphatic rings. The molecular formula is C10H14BrN5O2. The molecule has 2 aromatic rings. The highest BCUT2D eigenvalue weighted by atomic mass is 79.9. The molecule has 2 heterocycles. The van der Waals surface area contributed by atoms with Gasteiger partial charge in [-0.2, -0.15) is 9.61 Å². The maximum absolute atomic E-state index is 11.4. The molecule has 7 nitrogen and oxygen atoms in total. The van der Waals surface area contributed by atoms with Gasteiger partial charge in [0.1, 0.15) is 5.82 Å². The minimum Gasteiger partial charge on any atom is -0.383 e. The van der Waals surface area contributed by atoms with Gasteiger partial charge in [0.25, 0.3) is 0 Å². The van der Waals surface area contributed by atoms with Crippen LogP contribution in [-0.4, -0.2) is 51.9 Å². The number of halogens is 1. The van der Waals surface area contributed by atoms with Crippen LogP contribution in [0.3, 0.4) is 0 Å². The summed E-state index contributed by atoms with van der Waals surface area (Å²) in [6, 6.07) is 3.57. The number of nitrogens with zero attached hydrogens (tertiary/aromatic N) is 4. The average molecular weight is 316 g/mol. The number of hydrogen-bond acceptors (Lipinski definition) is 5. The van der Waals surface area contributed by atoms with Crippen molar-refractivity contribution in [3.63, 3.8) is 0 Å². The van der Waals surface area contributed by atoms with Crippen molar-refractivity contribution in [3.8, 4) is 0 Å². The third-order valence-electron chi connectivity index (χ3n) is 2.47. The molecule has 0 amide bonds. The van der Waals surface area contributed by atoms with Crippen LogP contribution in [-0.2, 0) is 4.74 Å². The van der Waals surface area contributed by atoms with Crippen molar-refractivity contribution in [3.05, 3.63) is 22.6 Å². The molecule has 0 aliphatic carbocycles. The van der Waals surface area contributed by atoms with Crippen LogP contribution in [0.25, 0.3) is 5.65 Å². The minimum absolute atomic E-state index is 0.200. The molecule has 18 heavy (non-hydrogen) atoms. The summed E-state index contributed by atoms with van der Waals surface area (Å²) in [7, 11) is 3.56. The molecule has 1 N–H and O–H groups in total. The Hall–Kier alpha value is -1.41. The Morgan fingerprint density at radius 2 is 2.39 bits per heavy atom. The van der Waals surface area contributed by atoms with E-state index in [2.05, 4.69) is 31.2 Å². The normalized spacial score (nSPS) is 12.8. The second-order valence-corrected chi connectivity index (χ2v) is 5.22. The van der Waals surface area contributed by atoms with E-state index in [1.54, 1.807) is 13.2 Å². The van der Waals surface area contributed by atoms with Gasteiger partial charge < -0.3 is 9.64 Å². The maximum atomic E-state index is 11.4. The Bertz CT molecular complexity index is 581. The standard InChI is InChI=1S/C10H14BrN5O2/c1-15(5-7(11)6-18-2)9-4-3-8-12-13-10(17)16(8)14-9/h3-4,7H,5-6H2,1-2H3,(H,13,17). The molecule has 0 aliphatic heterocycles. The Balaban J connectivity index is 2.19. The minimum atomic E-state index is -0.340. The van der Waals surface area contributed by atoms with Gasteiger partial charge in [-0.05, 0) is 12.1 Å². The first-order chi connectivity index (χ1) is 8.61. The van der Waals surface area contributed by atoms with E-state index in [1.807, 2.05) is 18.0 Å². The third-order valence-corrected chi connectivity index (χ3v) is 3.02. The summed E-state index contributed by atoms with van der Waals surface area (Å²) >= 11 is 3.51. The van der Waals surface area contributed by atoms with Crippen LogP contribution in [0.4, 0.5) is 5.82 Å². The second kappa shape index (κ2) is 5.49. The van der Waals surface area contributed by atoms with Crippen molar-refractivity contribution >= 4 is 27.4 Å². The summed E-state index contributed by atoms with van der Waals surface area (Å²) in [4.78, 5) is 13.6. The fourth-order valence-corrected chi connectivity index (χ4v) is 2.32. The van der Waals surface area contributed by atoms with Gasteiger partial charge in [-0.1, -0.05) is 15.9 Å². The molecule has 0 saturated heterocycles. The fourth-order valence-electron chi connectivity index (χ4n) is 1.62. The van der Waals surface area contributed by atoms with E-state index < -0.39 is 0 Å². The van der Waals surface area contributed by atoms with Gasteiger partial charge in [-0.3, -0.25) is 0 Å². The first-order valence-electron chi connectivity index (χ1n) is 5.40. The number of ether oxygens (including phenoxy) is 1. The van der Waals surface area contributed by atoms with E-state index in [-0.39, 0.29) is 10.5 Å². The highest BCUT2D eigenvalue weighted by Gasteiger charge is 2.11. The van der Waals surface area contributed by atoms with E-state index in [0.29, 0.717) is 18.1 Å². The van der Waals surface area contributed by atoms with E-state index in [1.165, 1.54) is 4.52 Å². The van der Waals surface area contributed by atoms with Crippen LogP contribution in [0, 0.1) is 0 Å². The molecule has 2 rings (SSSR count). The lowest BCUT2D eigenvalue weighted by molar-refractivity contribution is 0.201. The molecule has 0 saturated carbocycles. The van der Waals surface area contributed by atoms with Gasteiger partial charge in [-0.25, -0.2) is 9.89 Å².